The molecule has 0 heterocycles. The van der Waals surface area contributed by atoms with Crippen molar-refractivity contribution in [3.05, 3.63) is 107 Å². The van der Waals surface area contributed by atoms with E-state index >= 15 is 0 Å². The van der Waals surface area contributed by atoms with Crippen molar-refractivity contribution in [2.75, 3.05) is 11.9 Å². The fourth-order valence-corrected chi connectivity index (χ4v) is 3.36. The number of amides is 1. The Morgan fingerprint density at radius 3 is 2.59 bits per heavy atom. The molecule has 0 radical (unpaired) electrons. The van der Waals surface area contributed by atoms with Crippen LogP contribution in [0.3, 0.4) is 0 Å². The maximum Gasteiger partial charge on any atom is 0.259 e. The molecule has 5 nitrogen and oxygen atoms in total. The predicted molar refractivity (Wildman–Crippen MR) is 130 cm³/mol. The molecule has 0 aliphatic carbocycles. The molecule has 2 N–H and O–H groups in total. The molecule has 6 heteroatoms. The Balaban J connectivity index is 1.30. The molecule has 0 saturated heterocycles. The van der Waals surface area contributed by atoms with Gasteiger partial charge in [-0.25, -0.2) is 5.43 Å². The Labute approximate surface area is 191 Å². The number of hydrogen-bond acceptors (Lipinski definition) is 4. The minimum Gasteiger partial charge on any atom is -0.489 e. The van der Waals surface area contributed by atoms with Gasteiger partial charge in [0.25, 0.3) is 5.91 Å². The van der Waals surface area contributed by atoms with Crippen LogP contribution in [0.4, 0.5) is 5.69 Å². The summed E-state index contributed by atoms with van der Waals surface area (Å²) in [6.45, 7) is 0.572. The van der Waals surface area contributed by atoms with Gasteiger partial charge in [-0.05, 0) is 58.3 Å². The van der Waals surface area contributed by atoms with Gasteiger partial charge in [-0.1, -0.05) is 66.2 Å². The summed E-state index contributed by atoms with van der Waals surface area (Å²) in [6.07, 6.45) is 1.59. The molecular weight excluding hydrogens is 422 g/mol. The van der Waals surface area contributed by atoms with E-state index in [-0.39, 0.29) is 12.5 Å². The first-order valence-corrected chi connectivity index (χ1v) is 10.6. The van der Waals surface area contributed by atoms with E-state index in [1.165, 1.54) is 10.8 Å². The van der Waals surface area contributed by atoms with Crippen LogP contribution >= 0.6 is 11.6 Å². The third kappa shape index (κ3) is 5.86. The molecule has 4 aromatic carbocycles. The molecule has 0 unspecified atom stereocenters. The van der Waals surface area contributed by atoms with E-state index in [0.29, 0.717) is 11.6 Å². The summed E-state index contributed by atoms with van der Waals surface area (Å²) < 4.78 is 6.00. The van der Waals surface area contributed by atoms with E-state index in [2.05, 4.69) is 40.1 Å². The second kappa shape index (κ2) is 10.5. The third-order valence-corrected chi connectivity index (χ3v) is 5.08. The Morgan fingerprint density at radius 2 is 1.72 bits per heavy atom. The van der Waals surface area contributed by atoms with E-state index in [1.807, 2.05) is 54.6 Å². The number of carbonyl (C=O) groups is 1. The highest BCUT2D eigenvalue weighted by atomic mass is 35.5. The maximum absolute atomic E-state index is 12.0. The van der Waals surface area contributed by atoms with E-state index < -0.39 is 0 Å². The molecule has 0 atom stereocenters. The van der Waals surface area contributed by atoms with Crippen molar-refractivity contribution in [2.24, 2.45) is 5.10 Å². The van der Waals surface area contributed by atoms with Crippen LogP contribution in [0.25, 0.3) is 10.8 Å². The van der Waals surface area contributed by atoms with E-state index in [0.717, 1.165) is 22.6 Å². The average molecular weight is 444 g/mol. The summed E-state index contributed by atoms with van der Waals surface area (Å²) in [7, 11) is 0. The molecule has 32 heavy (non-hydrogen) atoms. The van der Waals surface area contributed by atoms with E-state index in [1.54, 1.807) is 18.3 Å². The van der Waals surface area contributed by atoms with E-state index in [4.69, 9.17) is 16.3 Å². The highest BCUT2D eigenvalue weighted by Gasteiger charge is 2.03. The van der Waals surface area contributed by atoms with E-state index in [9.17, 15) is 4.79 Å². The van der Waals surface area contributed by atoms with Gasteiger partial charge in [-0.15, -0.1) is 0 Å². The molecule has 0 aliphatic rings. The zero-order chi connectivity index (χ0) is 22.2. The van der Waals surface area contributed by atoms with Gasteiger partial charge in [-0.2, -0.15) is 5.10 Å². The number of nitrogens with zero attached hydrogens (tertiary/aromatic N) is 1. The van der Waals surface area contributed by atoms with Gasteiger partial charge in [-0.3, -0.25) is 4.79 Å². The summed E-state index contributed by atoms with van der Waals surface area (Å²) >= 11 is 5.85. The molecule has 0 spiro atoms. The lowest BCUT2D eigenvalue weighted by atomic mass is 10.1. The number of hydrogen-bond donors (Lipinski definition) is 2. The highest BCUT2D eigenvalue weighted by Crippen LogP contribution is 2.21. The number of halogens is 1. The van der Waals surface area contributed by atoms with Crippen LogP contribution in [-0.4, -0.2) is 18.7 Å². The van der Waals surface area contributed by atoms with Crippen LogP contribution in [0, 0.1) is 0 Å². The zero-order valence-electron chi connectivity index (χ0n) is 17.3. The lowest BCUT2D eigenvalue weighted by Crippen LogP contribution is -2.25. The number of nitrogens with one attached hydrogen (secondary N) is 2. The summed E-state index contributed by atoms with van der Waals surface area (Å²) in [6, 6.07) is 29.2. The first-order chi connectivity index (χ1) is 15.7. The van der Waals surface area contributed by atoms with Crippen LogP contribution < -0.4 is 15.5 Å². The van der Waals surface area contributed by atoms with Gasteiger partial charge >= 0.3 is 0 Å². The number of hydrazone groups is 1. The topological polar surface area (TPSA) is 62.7 Å². The number of rotatable bonds is 8. The SMILES string of the molecule is O=C(CNc1ccc(Cl)cc1)N/N=C\c1cccc(OCc2cccc3ccccc23)c1. The lowest BCUT2D eigenvalue weighted by molar-refractivity contribution is -0.119. The molecule has 0 bridgehead atoms. The number of ether oxygens (including phenoxy) is 1. The molecule has 0 aromatic heterocycles. The third-order valence-electron chi connectivity index (χ3n) is 4.83. The standard InChI is InChI=1S/C26H22ClN3O2/c27-22-11-13-23(14-12-22)28-17-26(31)30-29-16-19-5-3-9-24(15-19)32-18-21-8-4-7-20-6-1-2-10-25(20)21/h1-16,28H,17-18H2,(H,30,31)/b29-16-. The molecule has 4 aromatic rings. The summed E-state index contributed by atoms with van der Waals surface area (Å²) in [4.78, 5) is 12.0. The van der Waals surface area contributed by atoms with Crippen LogP contribution in [0.2, 0.25) is 5.02 Å². The minimum atomic E-state index is -0.250. The maximum atomic E-state index is 12.0. The second-order valence-electron chi connectivity index (χ2n) is 7.15. The van der Waals surface area contributed by atoms with Crippen molar-refractivity contribution in [3.63, 3.8) is 0 Å². The quantitative estimate of drug-likeness (QED) is 0.274. The van der Waals surface area contributed by atoms with Crippen molar-refractivity contribution >= 4 is 40.2 Å². The Morgan fingerprint density at radius 1 is 0.938 bits per heavy atom. The second-order valence-corrected chi connectivity index (χ2v) is 7.59. The fourth-order valence-electron chi connectivity index (χ4n) is 3.23. The molecule has 0 fully saturated rings. The van der Waals surface area contributed by atoms with Crippen molar-refractivity contribution in [1.29, 1.82) is 0 Å². The summed E-state index contributed by atoms with van der Waals surface area (Å²) in [5.74, 6) is 0.483. The fraction of sp³-hybridized carbons (Fsp3) is 0.0769. The van der Waals surface area contributed by atoms with Gasteiger partial charge in [0, 0.05) is 10.7 Å². The molecule has 4 rings (SSSR count). The summed E-state index contributed by atoms with van der Waals surface area (Å²) in [5, 5.41) is 10.1. The van der Waals surface area contributed by atoms with Crippen molar-refractivity contribution in [3.8, 4) is 5.75 Å². The number of benzene rings is 4. The Hall–Kier alpha value is -3.83. The lowest BCUT2D eigenvalue weighted by Gasteiger charge is -2.09. The monoisotopic (exact) mass is 443 g/mol. The zero-order valence-corrected chi connectivity index (χ0v) is 18.0. The Kier molecular flexibility index (Phi) is 7.00. The molecular formula is C26H22ClN3O2. The van der Waals surface area contributed by atoms with Gasteiger partial charge in [0.2, 0.25) is 0 Å². The minimum absolute atomic E-state index is 0.104. The highest BCUT2D eigenvalue weighted by molar-refractivity contribution is 6.30. The summed E-state index contributed by atoms with van der Waals surface area (Å²) in [5.41, 5.74) is 5.27. The van der Waals surface area contributed by atoms with Crippen molar-refractivity contribution in [2.45, 2.75) is 6.61 Å². The molecule has 1 amide bonds. The van der Waals surface area contributed by atoms with Crippen molar-refractivity contribution in [1.82, 2.24) is 5.43 Å². The van der Waals surface area contributed by atoms with Crippen LogP contribution in [0.5, 0.6) is 5.75 Å². The average Bonchev–Trinajstić information content (AvgIpc) is 2.83. The molecule has 0 aliphatic heterocycles. The number of anilines is 1. The predicted octanol–water partition coefficient (Wildman–Crippen LogP) is 5.63. The van der Waals surface area contributed by atoms with Crippen LogP contribution in [-0.2, 0) is 11.4 Å². The smallest absolute Gasteiger partial charge is 0.259 e. The number of carbonyl (C=O) groups excluding carboxylic acids is 1. The molecule has 160 valence electrons. The van der Waals surface area contributed by atoms with Crippen LogP contribution in [0.15, 0.2) is 96.1 Å². The number of fused-ring (bicyclic) bond motifs is 1. The van der Waals surface area contributed by atoms with Gasteiger partial charge in [0.15, 0.2) is 0 Å². The Bertz CT molecular complexity index is 1230. The van der Waals surface area contributed by atoms with Gasteiger partial charge in [0.1, 0.15) is 12.4 Å². The van der Waals surface area contributed by atoms with Crippen molar-refractivity contribution < 1.29 is 9.53 Å². The molecule has 0 saturated carbocycles. The first kappa shape index (κ1) is 21.4. The largest absolute Gasteiger partial charge is 0.489 e. The first-order valence-electron chi connectivity index (χ1n) is 10.2. The van der Waals surface area contributed by atoms with Gasteiger partial charge < -0.3 is 10.1 Å². The normalized spacial score (nSPS) is 10.9. The van der Waals surface area contributed by atoms with Gasteiger partial charge in [0.05, 0.1) is 12.8 Å². The van der Waals surface area contributed by atoms with Crippen LogP contribution in [0.1, 0.15) is 11.1 Å².